The van der Waals surface area contributed by atoms with Crippen LogP contribution >= 0.6 is 0 Å². The van der Waals surface area contributed by atoms with Gasteiger partial charge in [0.15, 0.2) is 0 Å². The lowest BCUT2D eigenvalue weighted by molar-refractivity contribution is 0.0900. The summed E-state index contributed by atoms with van der Waals surface area (Å²) in [5, 5.41) is 11.7. The normalized spacial score (nSPS) is 18.0. The van der Waals surface area contributed by atoms with Gasteiger partial charge in [-0.05, 0) is 31.5 Å². The van der Waals surface area contributed by atoms with Gasteiger partial charge < -0.3 is 5.32 Å². The maximum absolute atomic E-state index is 12.4. The average Bonchev–Trinajstić information content (AvgIpc) is 3.11. The summed E-state index contributed by atoms with van der Waals surface area (Å²) in [4.78, 5) is 27.0. The second-order valence-corrected chi connectivity index (χ2v) is 8.77. The predicted molar refractivity (Wildman–Crippen MR) is 112 cm³/mol. The number of carbonyl (C=O) groups is 1. The standard InChI is InChI=1S/C21H32N6O2/c1-21(2,3)18-8-9-19(28)27(24-18)14-13-26-12-6-5-7-16(26)15-22-20(29)17-10-11-23-25(17)4/h8-11,16H,5-7,12-15H2,1-4H3,(H,22,29). The Morgan fingerprint density at radius 3 is 2.69 bits per heavy atom. The Morgan fingerprint density at radius 1 is 1.21 bits per heavy atom. The summed E-state index contributed by atoms with van der Waals surface area (Å²) in [5.74, 6) is -0.105. The van der Waals surface area contributed by atoms with Crippen molar-refractivity contribution in [2.75, 3.05) is 19.6 Å². The molecule has 0 bridgehead atoms. The van der Waals surface area contributed by atoms with Gasteiger partial charge in [-0.1, -0.05) is 27.2 Å². The van der Waals surface area contributed by atoms with Crippen LogP contribution in [0, 0.1) is 0 Å². The van der Waals surface area contributed by atoms with E-state index in [4.69, 9.17) is 0 Å². The van der Waals surface area contributed by atoms with Crippen LogP contribution in [0.2, 0.25) is 0 Å². The number of rotatable bonds is 6. The first-order valence-electron chi connectivity index (χ1n) is 10.3. The number of nitrogens with zero attached hydrogens (tertiary/aromatic N) is 5. The van der Waals surface area contributed by atoms with E-state index in [0.717, 1.165) is 38.0 Å². The zero-order chi connectivity index (χ0) is 21.0. The minimum Gasteiger partial charge on any atom is -0.349 e. The molecule has 2 aromatic rings. The molecule has 0 radical (unpaired) electrons. The lowest BCUT2D eigenvalue weighted by Crippen LogP contribution is -2.48. The van der Waals surface area contributed by atoms with Crippen LogP contribution in [0.25, 0.3) is 0 Å². The molecule has 1 aliphatic heterocycles. The van der Waals surface area contributed by atoms with E-state index in [1.54, 1.807) is 34.7 Å². The van der Waals surface area contributed by atoms with E-state index in [1.165, 1.54) is 0 Å². The molecule has 8 nitrogen and oxygen atoms in total. The molecule has 1 fully saturated rings. The summed E-state index contributed by atoms with van der Waals surface area (Å²) >= 11 is 0. The van der Waals surface area contributed by atoms with Gasteiger partial charge in [0.05, 0.1) is 12.2 Å². The maximum atomic E-state index is 12.4. The van der Waals surface area contributed by atoms with Gasteiger partial charge >= 0.3 is 0 Å². The van der Waals surface area contributed by atoms with Gasteiger partial charge in [0.1, 0.15) is 5.69 Å². The van der Waals surface area contributed by atoms with Crippen molar-refractivity contribution in [3.05, 3.63) is 46.1 Å². The van der Waals surface area contributed by atoms with E-state index in [2.05, 4.69) is 41.2 Å². The van der Waals surface area contributed by atoms with E-state index in [-0.39, 0.29) is 22.9 Å². The van der Waals surface area contributed by atoms with E-state index in [0.29, 0.717) is 18.8 Å². The minimum absolute atomic E-state index is 0.0731. The van der Waals surface area contributed by atoms with Crippen molar-refractivity contribution in [1.82, 2.24) is 29.8 Å². The van der Waals surface area contributed by atoms with Crippen LogP contribution in [0.15, 0.2) is 29.2 Å². The summed E-state index contributed by atoms with van der Waals surface area (Å²) < 4.78 is 3.15. The second kappa shape index (κ2) is 8.90. The van der Waals surface area contributed by atoms with Crippen LogP contribution in [-0.2, 0) is 19.0 Å². The fourth-order valence-corrected chi connectivity index (χ4v) is 3.72. The molecular formula is C21H32N6O2. The summed E-state index contributed by atoms with van der Waals surface area (Å²) in [6, 6.07) is 5.41. The molecule has 1 atom stereocenters. The molecule has 1 aliphatic rings. The number of carbonyl (C=O) groups excluding carboxylic acids is 1. The highest BCUT2D eigenvalue weighted by Crippen LogP contribution is 2.19. The maximum Gasteiger partial charge on any atom is 0.269 e. The number of likely N-dealkylation sites (tertiary alicyclic amines) is 1. The second-order valence-electron chi connectivity index (χ2n) is 8.77. The van der Waals surface area contributed by atoms with Crippen molar-refractivity contribution in [2.45, 2.75) is 58.0 Å². The number of piperidine rings is 1. The third kappa shape index (κ3) is 5.32. The van der Waals surface area contributed by atoms with Crippen LogP contribution in [0.5, 0.6) is 0 Å². The molecule has 0 aromatic carbocycles. The van der Waals surface area contributed by atoms with Gasteiger partial charge in [-0.15, -0.1) is 0 Å². The van der Waals surface area contributed by atoms with E-state index in [9.17, 15) is 9.59 Å². The van der Waals surface area contributed by atoms with Gasteiger partial charge in [0, 0.05) is 43.9 Å². The molecule has 0 aliphatic carbocycles. The van der Waals surface area contributed by atoms with Crippen molar-refractivity contribution in [2.24, 2.45) is 7.05 Å². The van der Waals surface area contributed by atoms with Gasteiger partial charge in [-0.25, -0.2) is 4.68 Å². The van der Waals surface area contributed by atoms with Crippen LogP contribution in [-0.4, -0.2) is 56.0 Å². The zero-order valence-corrected chi connectivity index (χ0v) is 17.9. The third-order valence-corrected chi connectivity index (χ3v) is 5.53. The van der Waals surface area contributed by atoms with Gasteiger partial charge in [-0.3, -0.25) is 19.2 Å². The van der Waals surface area contributed by atoms with Crippen molar-refractivity contribution < 1.29 is 4.79 Å². The molecule has 1 N–H and O–H groups in total. The largest absolute Gasteiger partial charge is 0.349 e. The van der Waals surface area contributed by atoms with Gasteiger partial charge in [0.2, 0.25) is 0 Å². The highest BCUT2D eigenvalue weighted by molar-refractivity contribution is 5.92. The van der Waals surface area contributed by atoms with Crippen molar-refractivity contribution in [1.29, 1.82) is 0 Å². The number of nitrogens with one attached hydrogen (secondary N) is 1. The van der Waals surface area contributed by atoms with Crippen molar-refractivity contribution in [3.63, 3.8) is 0 Å². The highest BCUT2D eigenvalue weighted by atomic mass is 16.2. The number of aromatic nitrogens is 4. The van der Waals surface area contributed by atoms with Crippen molar-refractivity contribution >= 4 is 5.91 Å². The van der Waals surface area contributed by atoms with E-state index in [1.807, 2.05) is 6.07 Å². The molecule has 158 valence electrons. The molecule has 3 heterocycles. The third-order valence-electron chi connectivity index (χ3n) is 5.53. The Hall–Kier alpha value is -2.48. The molecule has 1 unspecified atom stereocenters. The first-order chi connectivity index (χ1) is 13.8. The summed E-state index contributed by atoms with van der Waals surface area (Å²) in [6.45, 7) is 9.14. The Balaban J connectivity index is 1.61. The summed E-state index contributed by atoms with van der Waals surface area (Å²) in [7, 11) is 1.76. The van der Waals surface area contributed by atoms with E-state index >= 15 is 0 Å². The zero-order valence-electron chi connectivity index (χ0n) is 17.9. The minimum atomic E-state index is -0.105. The van der Waals surface area contributed by atoms with Crippen LogP contribution in [0.3, 0.4) is 0 Å². The summed E-state index contributed by atoms with van der Waals surface area (Å²) in [6.07, 6.45) is 4.95. The number of hydrogen-bond donors (Lipinski definition) is 1. The molecule has 3 rings (SSSR count). The molecule has 1 amide bonds. The molecule has 1 saturated heterocycles. The average molecular weight is 401 g/mol. The lowest BCUT2D eigenvalue weighted by Gasteiger charge is -2.35. The molecule has 0 spiro atoms. The Labute approximate surface area is 171 Å². The van der Waals surface area contributed by atoms with Crippen LogP contribution in [0.4, 0.5) is 0 Å². The first-order valence-corrected chi connectivity index (χ1v) is 10.3. The fourth-order valence-electron chi connectivity index (χ4n) is 3.72. The van der Waals surface area contributed by atoms with Gasteiger partial charge in [0.25, 0.3) is 11.5 Å². The molecular weight excluding hydrogens is 368 g/mol. The smallest absolute Gasteiger partial charge is 0.269 e. The van der Waals surface area contributed by atoms with Crippen LogP contribution in [0.1, 0.15) is 56.2 Å². The van der Waals surface area contributed by atoms with Gasteiger partial charge in [-0.2, -0.15) is 10.2 Å². The predicted octanol–water partition coefficient (Wildman–Crippen LogP) is 1.56. The monoisotopic (exact) mass is 400 g/mol. The molecule has 2 aromatic heterocycles. The Bertz CT molecular complexity index is 895. The summed E-state index contributed by atoms with van der Waals surface area (Å²) in [5.41, 5.74) is 1.30. The number of hydrogen-bond acceptors (Lipinski definition) is 5. The lowest BCUT2D eigenvalue weighted by atomic mass is 9.92. The molecule has 0 saturated carbocycles. The Kier molecular flexibility index (Phi) is 6.52. The van der Waals surface area contributed by atoms with Crippen molar-refractivity contribution in [3.8, 4) is 0 Å². The number of amides is 1. The topological polar surface area (TPSA) is 85.1 Å². The molecule has 8 heteroatoms. The molecule has 29 heavy (non-hydrogen) atoms. The number of aryl methyl sites for hydroxylation is 1. The fraction of sp³-hybridized carbons (Fsp3) is 0.619. The quantitative estimate of drug-likeness (QED) is 0.795. The Morgan fingerprint density at radius 2 is 2.00 bits per heavy atom. The SMILES string of the molecule is Cn1nccc1C(=O)NCC1CCCCN1CCn1nc(C(C)(C)C)ccc1=O. The highest BCUT2D eigenvalue weighted by Gasteiger charge is 2.24. The van der Waals surface area contributed by atoms with E-state index < -0.39 is 0 Å². The van der Waals surface area contributed by atoms with Crippen LogP contribution < -0.4 is 10.9 Å². The first kappa shape index (κ1) is 21.2.